The van der Waals surface area contributed by atoms with E-state index >= 15 is 0 Å². The van der Waals surface area contributed by atoms with Gasteiger partial charge < -0.3 is 5.11 Å². The fourth-order valence-corrected chi connectivity index (χ4v) is 3.37. The maximum Gasteiger partial charge on any atom is 0.279 e. The van der Waals surface area contributed by atoms with Crippen molar-refractivity contribution in [3.63, 3.8) is 0 Å². The van der Waals surface area contributed by atoms with Crippen LogP contribution in [0.3, 0.4) is 0 Å². The molecule has 0 aromatic heterocycles. The van der Waals surface area contributed by atoms with Gasteiger partial charge in [-0.15, -0.1) is 0 Å². The van der Waals surface area contributed by atoms with Crippen LogP contribution >= 0.6 is 0 Å². The molecule has 16 heavy (non-hydrogen) atoms. The number of hydrogen-bond acceptors (Lipinski definition) is 3. The molecule has 0 radical (unpaired) electrons. The SMILES string of the molecule is C[C@@H](CO)NS(=O)(=O)N(C)C1CCCCC1. The molecular formula is C10H22N2O3S. The van der Waals surface area contributed by atoms with Crippen LogP contribution in [0.2, 0.25) is 0 Å². The highest BCUT2D eigenvalue weighted by Gasteiger charge is 2.28. The molecule has 1 fully saturated rings. The number of rotatable bonds is 5. The first kappa shape index (κ1) is 13.9. The van der Waals surface area contributed by atoms with Gasteiger partial charge in [-0.2, -0.15) is 17.4 Å². The van der Waals surface area contributed by atoms with Crippen molar-refractivity contribution in [2.45, 2.75) is 51.1 Å². The Bertz CT molecular complexity index is 299. The summed E-state index contributed by atoms with van der Waals surface area (Å²) in [6.45, 7) is 1.46. The second kappa shape index (κ2) is 5.95. The molecule has 2 N–H and O–H groups in total. The molecule has 1 atom stereocenters. The minimum atomic E-state index is -3.45. The zero-order valence-electron chi connectivity index (χ0n) is 10.0. The first-order chi connectivity index (χ1) is 7.47. The minimum Gasteiger partial charge on any atom is -0.395 e. The van der Waals surface area contributed by atoms with Gasteiger partial charge in [0.1, 0.15) is 0 Å². The summed E-state index contributed by atoms with van der Waals surface area (Å²) in [5.41, 5.74) is 0. The highest BCUT2D eigenvalue weighted by Crippen LogP contribution is 2.22. The van der Waals surface area contributed by atoms with Crippen molar-refractivity contribution in [1.29, 1.82) is 0 Å². The smallest absolute Gasteiger partial charge is 0.279 e. The van der Waals surface area contributed by atoms with Gasteiger partial charge in [-0.25, -0.2) is 0 Å². The molecule has 1 saturated carbocycles. The van der Waals surface area contributed by atoms with Crippen molar-refractivity contribution >= 4 is 10.2 Å². The Morgan fingerprint density at radius 2 is 1.94 bits per heavy atom. The molecule has 1 rings (SSSR count). The molecule has 1 aliphatic carbocycles. The van der Waals surface area contributed by atoms with Gasteiger partial charge in [0.15, 0.2) is 0 Å². The van der Waals surface area contributed by atoms with E-state index in [-0.39, 0.29) is 12.6 Å². The molecule has 0 aromatic carbocycles. The van der Waals surface area contributed by atoms with E-state index in [1.807, 2.05) is 0 Å². The van der Waals surface area contributed by atoms with Gasteiger partial charge in [0.05, 0.1) is 6.61 Å². The summed E-state index contributed by atoms with van der Waals surface area (Å²) < 4.78 is 27.7. The van der Waals surface area contributed by atoms with Crippen molar-refractivity contribution in [1.82, 2.24) is 9.03 Å². The van der Waals surface area contributed by atoms with Crippen LogP contribution in [-0.4, -0.2) is 43.6 Å². The Morgan fingerprint density at radius 1 is 1.38 bits per heavy atom. The van der Waals surface area contributed by atoms with Gasteiger partial charge in [0.25, 0.3) is 10.2 Å². The van der Waals surface area contributed by atoms with Crippen molar-refractivity contribution in [3.05, 3.63) is 0 Å². The molecule has 6 heteroatoms. The molecule has 0 bridgehead atoms. The van der Waals surface area contributed by atoms with Crippen LogP contribution in [0.4, 0.5) is 0 Å². The standard InChI is InChI=1S/C10H22N2O3S/c1-9(8-13)11-16(14,15)12(2)10-6-4-3-5-7-10/h9-11,13H,3-8H2,1-2H3/t9-/m0/s1. The van der Waals surface area contributed by atoms with Gasteiger partial charge in [-0.3, -0.25) is 0 Å². The Hall–Kier alpha value is -0.170. The summed E-state index contributed by atoms with van der Waals surface area (Å²) in [6, 6.07) is -0.326. The van der Waals surface area contributed by atoms with Crippen LogP contribution in [0.25, 0.3) is 0 Å². The second-order valence-corrected chi connectivity index (χ2v) is 6.28. The zero-order chi connectivity index (χ0) is 12.2. The van der Waals surface area contributed by atoms with E-state index < -0.39 is 16.3 Å². The van der Waals surface area contributed by atoms with E-state index in [4.69, 9.17) is 5.11 Å². The Balaban J connectivity index is 2.59. The summed E-state index contributed by atoms with van der Waals surface area (Å²) in [5.74, 6) is 0. The van der Waals surface area contributed by atoms with Crippen LogP contribution in [0.1, 0.15) is 39.0 Å². The third kappa shape index (κ3) is 3.69. The largest absolute Gasteiger partial charge is 0.395 e. The summed E-state index contributed by atoms with van der Waals surface area (Å²) in [4.78, 5) is 0. The van der Waals surface area contributed by atoms with Crippen LogP contribution in [0.5, 0.6) is 0 Å². The molecule has 0 spiro atoms. The molecule has 0 heterocycles. The number of nitrogens with one attached hydrogen (secondary N) is 1. The average molecular weight is 250 g/mol. The van der Waals surface area contributed by atoms with Crippen LogP contribution < -0.4 is 4.72 Å². The number of nitrogens with zero attached hydrogens (tertiary/aromatic N) is 1. The molecule has 5 nitrogen and oxygen atoms in total. The molecular weight excluding hydrogens is 228 g/mol. The van der Waals surface area contributed by atoms with E-state index in [1.54, 1.807) is 14.0 Å². The zero-order valence-corrected chi connectivity index (χ0v) is 10.8. The third-order valence-corrected chi connectivity index (χ3v) is 4.85. The van der Waals surface area contributed by atoms with Gasteiger partial charge >= 0.3 is 0 Å². The van der Waals surface area contributed by atoms with Crippen LogP contribution in [-0.2, 0) is 10.2 Å². The Labute approximate surface area is 98.0 Å². The number of aliphatic hydroxyl groups is 1. The fraction of sp³-hybridized carbons (Fsp3) is 1.00. The van der Waals surface area contributed by atoms with Crippen molar-refractivity contribution in [2.75, 3.05) is 13.7 Å². The van der Waals surface area contributed by atoms with Gasteiger partial charge in [0.2, 0.25) is 0 Å². The lowest BCUT2D eigenvalue weighted by Gasteiger charge is -2.31. The molecule has 0 unspecified atom stereocenters. The summed E-state index contributed by atoms with van der Waals surface area (Å²) >= 11 is 0. The van der Waals surface area contributed by atoms with E-state index in [1.165, 1.54) is 10.7 Å². The van der Waals surface area contributed by atoms with Crippen molar-refractivity contribution in [3.8, 4) is 0 Å². The van der Waals surface area contributed by atoms with Crippen LogP contribution in [0, 0.1) is 0 Å². The molecule has 0 amide bonds. The maximum absolute atomic E-state index is 11.9. The predicted molar refractivity (Wildman–Crippen MR) is 63.2 cm³/mol. The monoisotopic (exact) mass is 250 g/mol. The first-order valence-corrected chi connectivity index (χ1v) is 7.27. The molecule has 0 saturated heterocycles. The van der Waals surface area contributed by atoms with E-state index in [2.05, 4.69) is 4.72 Å². The summed E-state index contributed by atoms with van der Waals surface area (Å²) in [7, 11) is -1.83. The topological polar surface area (TPSA) is 69.6 Å². The summed E-state index contributed by atoms with van der Waals surface area (Å²) in [5, 5.41) is 8.84. The lowest BCUT2D eigenvalue weighted by atomic mass is 9.96. The van der Waals surface area contributed by atoms with Gasteiger partial charge in [-0.1, -0.05) is 19.3 Å². The fourth-order valence-electron chi connectivity index (χ4n) is 2.02. The summed E-state index contributed by atoms with van der Waals surface area (Å²) in [6.07, 6.45) is 5.26. The number of aliphatic hydroxyl groups excluding tert-OH is 1. The molecule has 1 aliphatic rings. The molecule has 0 aromatic rings. The second-order valence-electron chi connectivity index (χ2n) is 4.51. The Kier molecular flexibility index (Phi) is 5.17. The maximum atomic E-state index is 11.9. The van der Waals surface area contributed by atoms with Crippen molar-refractivity contribution < 1.29 is 13.5 Å². The van der Waals surface area contributed by atoms with Crippen LogP contribution in [0.15, 0.2) is 0 Å². The average Bonchev–Trinajstić information content (AvgIpc) is 2.28. The first-order valence-electron chi connectivity index (χ1n) is 5.83. The lowest BCUT2D eigenvalue weighted by Crippen LogP contribution is -2.48. The molecule has 96 valence electrons. The highest BCUT2D eigenvalue weighted by molar-refractivity contribution is 7.87. The third-order valence-electron chi connectivity index (χ3n) is 3.09. The van der Waals surface area contributed by atoms with E-state index in [0.717, 1.165) is 25.7 Å². The molecule has 0 aliphatic heterocycles. The Morgan fingerprint density at radius 3 is 2.44 bits per heavy atom. The van der Waals surface area contributed by atoms with Crippen molar-refractivity contribution in [2.24, 2.45) is 0 Å². The normalized spacial score (nSPS) is 21.2. The lowest BCUT2D eigenvalue weighted by molar-refractivity contribution is 0.254. The minimum absolute atomic E-state index is 0.108. The van der Waals surface area contributed by atoms with E-state index in [0.29, 0.717) is 0 Å². The van der Waals surface area contributed by atoms with Gasteiger partial charge in [0, 0.05) is 19.1 Å². The number of hydrogen-bond donors (Lipinski definition) is 2. The highest BCUT2D eigenvalue weighted by atomic mass is 32.2. The predicted octanol–water partition coefficient (Wildman–Crippen LogP) is 0.466. The quantitative estimate of drug-likeness (QED) is 0.745. The van der Waals surface area contributed by atoms with Gasteiger partial charge in [-0.05, 0) is 19.8 Å². The van der Waals surface area contributed by atoms with E-state index in [9.17, 15) is 8.42 Å².